The molecule has 10 heteroatoms. The van der Waals surface area contributed by atoms with E-state index in [1.165, 1.54) is 39.0 Å². The number of hydrogen-bond acceptors (Lipinski definition) is 10. The predicted octanol–water partition coefficient (Wildman–Crippen LogP) is 1.29. The minimum absolute atomic E-state index is 0.186. The fourth-order valence-corrected chi connectivity index (χ4v) is 2.89. The van der Waals surface area contributed by atoms with E-state index >= 15 is 0 Å². The molecule has 0 aromatic rings. The summed E-state index contributed by atoms with van der Waals surface area (Å²) in [5, 5.41) is 21.8. The summed E-state index contributed by atoms with van der Waals surface area (Å²) < 4.78 is 21.2. The number of allylic oxidation sites excluding steroid dienone is 3. The Labute approximate surface area is 192 Å². The lowest BCUT2D eigenvalue weighted by molar-refractivity contribution is -0.249. The Balaban J connectivity index is 3.51. The number of carbonyl (C=O) groups is 4. The van der Waals surface area contributed by atoms with Crippen molar-refractivity contribution in [2.75, 3.05) is 0 Å². The van der Waals surface area contributed by atoms with Crippen molar-refractivity contribution in [1.29, 1.82) is 0 Å². The van der Waals surface area contributed by atoms with E-state index in [0.29, 0.717) is 0 Å². The van der Waals surface area contributed by atoms with Gasteiger partial charge < -0.3 is 29.2 Å². The number of hydrogen-bond donors (Lipinski definition) is 2. The fourth-order valence-electron chi connectivity index (χ4n) is 2.89. The van der Waals surface area contributed by atoms with E-state index in [-0.39, 0.29) is 16.7 Å². The molecule has 0 heterocycles. The molecule has 0 amide bonds. The van der Waals surface area contributed by atoms with Gasteiger partial charge in [0, 0.05) is 23.6 Å². The number of ether oxygens (including phenoxy) is 4. The number of carbonyl (C=O) groups excluding carboxylic acids is 4. The monoisotopic (exact) mass is 468 g/mol. The van der Waals surface area contributed by atoms with Crippen LogP contribution in [0.4, 0.5) is 0 Å². The quantitative estimate of drug-likeness (QED) is 0.318. The molecule has 0 aliphatic heterocycles. The van der Waals surface area contributed by atoms with Crippen LogP contribution in [0, 0.1) is 0 Å². The van der Waals surface area contributed by atoms with Crippen LogP contribution in [0.15, 0.2) is 34.9 Å². The number of aliphatic hydroxyl groups excluding tert-OH is 2. The Bertz CT molecular complexity index is 853. The molecule has 184 valence electrons. The first-order valence-electron chi connectivity index (χ1n) is 10.4. The molecule has 0 saturated heterocycles. The number of aliphatic hydroxyl groups is 2. The second-order valence-electron chi connectivity index (χ2n) is 7.58. The van der Waals surface area contributed by atoms with Gasteiger partial charge in [-0.2, -0.15) is 0 Å². The van der Waals surface area contributed by atoms with Crippen LogP contribution in [0.3, 0.4) is 0 Å². The van der Waals surface area contributed by atoms with Crippen LogP contribution in [0.2, 0.25) is 0 Å². The maximum atomic E-state index is 12.5. The summed E-state index contributed by atoms with van der Waals surface area (Å²) in [6.07, 6.45) is -5.68. The zero-order chi connectivity index (χ0) is 25.5. The minimum atomic E-state index is -1.81. The molecule has 1 rings (SSSR count). The first-order chi connectivity index (χ1) is 15.4. The van der Waals surface area contributed by atoms with Gasteiger partial charge in [-0.15, -0.1) is 0 Å². The van der Waals surface area contributed by atoms with Crippen LogP contribution in [0.25, 0.3) is 0 Å². The van der Waals surface area contributed by atoms with Gasteiger partial charge in [-0.3, -0.25) is 4.79 Å². The van der Waals surface area contributed by atoms with Crippen LogP contribution in [0.5, 0.6) is 0 Å². The van der Waals surface area contributed by atoms with Crippen LogP contribution in [0.1, 0.15) is 48.5 Å². The van der Waals surface area contributed by atoms with E-state index in [0.717, 1.165) is 6.92 Å². The van der Waals surface area contributed by atoms with E-state index in [4.69, 9.17) is 18.9 Å². The average Bonchev–Trinajstić information content (AvgIpc) is 2.79. The van der Waals surface area contributed by atoms with Crippen molar-refractivity contribution >= 4 is 23.9 Å². The summed E-state index contributed by atoms with van der Waals surface area (Å²) >= 11 is 0. The van der Waals surface area contributed by atoms with Crippen LogP contribution < -0.4 is 0 Å². The Kier molecular flexibility index (Phi) is 10.5. The standard InChI is InChI=1S/C23H32O10/c1-8-11(4)21(27)31-17-15(25)18(30-14(7)24)20(33-23(29)13(6)10-3)19(16(17)26)32-22(28)12(5)9-2/h8-10,15-20,25-26H,1-7H3/b11-8-,12-9-,13-10-/t15-,16-,17+,18+,19+,20+/m0/s1. The lowest BCUT2D eigenvalue weighted by Gasteiger charge is -2.45. The highest BCUT2D eigenvalue weighted by Gasteiger charge is 2.57. The maximum Gasteiger partial charge on any atom is 0.333 e. The van der Waals surface area contributed by atoms with Gasteiger partial charge in [0.05, 0.1) is 0 Å². The topological polar surface area (TPSA) is 146 Å². The Hall–Kier alpha value is -2.98. The molecule has 33 heavy (non-hydrogen) atoms. The van der Waals surface area contributed by atoms with E-state index in [2.05, 4.69) is 0 Å². The van der Waals surface area contributed by atoms with E-state index in [9.17, 15) is 29.4 Å². The van der Waals surface area contributed by atoms with Gasteiger partial charge in [-0.05, 0) is 41.5 Å². The molecule has 10 nitrogen and oxygen atoms in total. The Morgan fingerprint density at radius 2 is 0.848 bits per heavy atom. The van der Waals surface area contributed by atoms with Gasteiger partial charge in [0.15, 0.2) is 24.4 Å². The molecular formula is C23H32O10. The molecule has 0 spiro atoms. The summed E-state index contributed by atoms with van der Waals surface area (Å²) in [6, 6.07) is 0. The second kappa shape index (κ2) is 12.3. The first-order valence-corrected chi connectivity index (χ1v) is 10.4. The summed E-state index contributed by atoms with van der Waals surface area (Å²) in [5.41, 5.74) is 0.562. The lowest BCUT2D eigenvalue weighted by Crippen LogP contribution is -2.67. The highest BCUT2D eigenvalue weighted by atomic mass is 16.6. The molecule has 1 saturated carbocycles. The molecule has 1 aliphatic rings. The van der Waals surface area contributed by atoms with Gasteiger partial charge in [-0.25, -0.2) is 14.4 Å². The summed E-state index contributed by atoms with van der Waals surface area (Å²) in [6.45, 7) is 10.2. The van der Waals surface area contributed by atoms with Crippen LogP contribution in [-0.4, -0.2) is 70.7 Å². The van der Waals surface area contributed by atoms with Crippen LogP contribution >= 0.6 is 0 Å². The smallest absolute Gasteiger partial charge is 0.333 e. The van der Waals surface area contributed by atoms with Gasteiger partial charge in [0.2, 0.25) is 0 Å². The zero-order valence-electron chi connectivity index (χ0n) is 19.9. The zero-order valence-corrected chi connectivity index (χ0v) is 19.9. The fraction of sp³-hybridized carbons (Fsp3) is 0.565. The van der Waals surface area contributed by atoms with Gasteiger partial charge in [-0.1, -0.05) is 18.2 Å². The summed E-state index contributed by atoms with van der Waals surface area (Å²) in [7, 11) is 0. The number of esters is 4. The largest absolute Gasteiger partial charge is 0.455 e. The average molecular weight is 468 g/mol. The number of rotatable bonds is 7. The normalized spacial score (nSPS) is 28.6. The SMILES string of the molecule is C/C=C(/C)C(=O)O[C@@H]1[C@H](O)[C@@H](OC(C)=O)[C@@H](OC(=O)/C(C)=C\C)[C@H](OC(=O)/C(C)=C\C)[C@H]1O. The third-order valence-corrected chi connectivity index (χ3v) is 5.29. The summed E-state index contributed by atoms with van der Waals surface area (Å²) in [5.74, 6) is -3.39. The molecule has 2 N–H and O–H groups in total. The molecule has 1 aliphatic carbocycles. The van der Waals surface area contributed by atoms with Crippen molar-refractivity contribution in [3.8, 4) is 0 Å². The third kappa shape index (κ3) is 7.00. The lowest BCUT2D eigenvalue weighted by atomic mass is 9.84. The van der Waals surface area contributed by atoms with E-state index in [1.54, 1.807) is 20.8 Å². The third-order valence-electron chi connectivity index (χ3n) is 5.29. The first kappa shape index (κ1) is 28.1. The van der Waals surface area contributed by atoms with Gasteiger partial charge >= 0.3 is 23.9 Å². The highest BCUT2D eigenvalue weighted by Crippen LogP contribution is 2.32. The highest BCUT2D eigenvalue weighted by molar-refractivity contribution is 5.89. The van der Waals surface area contributed by atoms with Crippen molar-refractivity contribution < 1.29 is 48.3 Å². The van der Waals surface area contributed by atoms with E-state index < -0.39 is 60.5 Å². The minimum Gasteiger partial charge on any atom is -0.455 e. The van der Waals surface area contributed by atoms with Crippen molar-refractivity contribution in [2.45, 2.75) is 85.1 Å². The second-order valence-corrected chi connectivity index (χ2v) is 7.58. The van der Waals surface area contributed by atoms with Crippen LogP contribution in [-0.2, 0) is 38.1 Å². The van der Waals surface area contributed by atoms with Gasteiger partial charge in [0.1, 0.15) is 12.2 Å². The summed E-state index contributed by atoms with van der Waals surface area (Å²) in [4.78, 5) is 49.0. The molecule has 1 fully saturated rings. The Morgan fingerprint density at radius 1 is 0.545 bits per heavy atom. The Morgan fingerprint density at radius 3 is 1.18 bits per heavy atom. The molecule has 0 unspecified atom stereocenters. The molecule has 0 aromatic heterocycles. The molecule has 0 radical (unpaired) electrons. The predicted molar refractivity (Wildman–Crippen MR) is 116 cm³/mol. The molecule has 0 aromatic carbocycles. The van der Waals surface area contributed by atoms with Crippen molar-refractivity contribution in [3.63, 3.8) is 0 Å². The van der Waals surface area contributed by atoms with Crippen molar-refractivity contribution in [3.05, 3.63) is 34.9 Å². The van der Waals surface area contributed by atoms with Crippen molar-refractivity contribution in [2.24, 2.45) is 0 Å². The molecule has 6 atom stereocenters. The molecule has 0 bridgehead atoms. The molecular weight excluding hydrogens is 436 g/mol. The van der Waals surface area contributed by atoms with Crippen molar-refractivity contribution in [1.82, 2.24) is 0 Å². The van der Waals surface area contributed by atoms with E-state index in [1.807, 2.05) is 0 Å². The maximum absolute atomic E-state index is 12.5. The van der Waals surface area contributed by atoms with Gasteiger partial charge in [0.25, 0.3) is 0 Å².